The smallest absolute Gasteiger partial charge is 0.335 e. The summed E-state index contributed by atoms with van der Waals surface area (Å²) >= 11 is 5.77. The summed E-state index contributed by atoms with van der Waals surface area (Å²) in [5, 5.41) is 7.18. The Hall–Kier alpha value is -2.60. The van der Waals surface area contributed by atoms with Crippen molar-refractivity contribution in [2.45, 2.75) is 31.2 Å². The third-order valence-electron chi connectivity index (χ3n) is 4.81. The van der Waals surface area contributed by atoms with E-state index in [-0.39, 0.29) is 23.0 Å². The van der Waals surface area contributed by atoms with Crippen molar-refractivity contribution in [1.82, 2.24) is 15.3 Å². The molecule has 0 spiro atoms. The highest BCUT2D eigenvalue weighted by Gasteiger charge is 2.51. The fourth-order valence-electron chi connectivity index (χ4n) is 3.02. The van der Waals surface area contributed by atoms with Crippen LogP contribution >= 0.6 is 11.6 Å². The van der Waals surface area contributed by atoms with Crippen LogP contribution in [-0.2, 0) is 26.6 Å². The predicted octanol–water partition coefficient (Wildman–Crippen LogP) is 3.03. The highest BCUT2D eigenvalue weighted by atomic mass is 35.5. The highest BCUT2D eigenvalue weighted by Crippen LogP contribution is 2.49. The molecule has 168 valence electrons. The Balaban J connectivity index is 1.74. The summed E-state index contributed by atoms with van der Waals surface area (Å²) in [4.78, 5) is 17.2. The molecule has 0 unspecified atom stereocenters. The normalized spacial score (nSPS) is 16.2. The molecule has 1 fully saturated rings. The summed E-state index contributed by atoms with van der Waals surface area (Å²) in [5.41, 5.74) is 0.239. The quantitative estimate of drug-likeness (QED) is 0.359. The van der Waals surface area contributed by atoms with Crippen LogP contribution in [0.15, 0.2) is 24.3 Å². The molecule has 31 heavy (non-hydrogen) atoms. The van der Waals surface area contributed by atoms with Crippen molar-refractivity contribution in [3.05, 3.63) is 52.1 Å². The number of amidine groups is 1. The second kappa shape index (κ2) is 8.50. The van der Waals surface area contributed by atoms with E-state index in [4.69, 9.17) is 17.9 Å². The van der Waals surface area contributed by atoms with Gasteiger partial charge in [0.05, 0.1) is 17.7 Å². The minimum atomic E-state index is -3.45. The zero-order valence-corrected chi connectivity index (χ0v) is 17.7. The molecule has 13 heteroatoms. The number of hydrogen-bond acceptors (Lipinski definition) is 6. The third kappa shape index (κ3) is 5.18. The van der Waals surface area contributed by atoms with Crippen molar-refractivity contribution >= 4 is 33.2 Å². The van der Waals surface area contributed by atoms with E-state index in [1.54, 1.807) is 0 Å². The molecule has 1 aromatic carbocycles. The number of alkyl halides is 2. The lowest BCUT2D eigenvalue weighted by atomic mass is 9.94. The predicted molar refractivity (Wildman–Crippen MR) is 105 cm³/mol. The molecule has 1 aliphatic carbocycles. The van der Waals surface area contributed by atoms with Gasteiger partial charge in [0.2, 0.25) is 0 Å². The molecule has 3 rings (SSSR count). The van der Waals surface area contributed by atoms with E-state index in [0.717, 1.165) is 18.4 Å². The Labute approximate surface area is 182 Å². The van der Waals surface area contributed by atoms with Crippen molar-refractivity contribution < 1.29 is 32.6 Å². The molecule has 1 aromatic heterocycles. The van der Waals surface area contributed by atoms with Gasteiger partial charge in [-0.15, -0.1) is 0 Å². The van der Waals surface area contributed by atoms with E-state index in [1.807, 2.05) is 0 Å². The molecule has 2 aromatic rings. The van der Waals surface area contributed by atoms with Gasteiger partial charge in [0.1, 0.15) is 27.2 Å². The van der Waals surface area contributed by atoms with Gasteiger partial charge in [-0.05, 0) is 25.0 Å². The fourth-order valence-corrected chi connectivity index (χ4v) is 3.68. The number of benzene rings is 1. The topological polar surface area (TPSA) is 114 Å². The number of aromatic nitrogens is 2. The van der Waals surface area contributed by atoms with E-state index in [1.165, 1.54) is 12.1 Å². The number of halogens is 4. The lowest BCUT2D eigenvalue weighted by molar-refractivity contribution is 0.0370. The zero-order chi connectivity index (χ0) is 23.7. The van der Waals surface area contributed by atoms with Gasteiger partial charge in [0, 0.05) is 22.9 Å². The Bertz CT molecular complexity index is 1170. The van der Waals surface area contributed by atoms with Crippen LogP contribution in [0, 0.1) is 11.2 Å². The Morgan fingerprint density at radius 3 is 2.71 bits per heavy atom. The van der Waals surface area contributed by atoms with Gasteiger partial charge >= 0.3 is 5.97 Å². The maximum absolute atomic E-state index is 14.4. The second-order valence-corrected chi connectivity index (χ2v) is 9.85. The lowest BCUT2D eigenvalue weighted by Crippen LogP contribution is -2.36. The first-order valence-electron chi connectivity index (χ1n) is 9.40. The van der Waals surface area contributed by atoms with Crippen molar-refractivity contribution in [1.29, 1.82) is 5.40 Å². The van der Waals surface area contributed by atoms with E-state index >= 15 is 0 Å². The number of nitrogens with zero attached hydrogens (tertiary/aromatic N) is 2. The molecule has 8 nitrogen and oxygen atoms in total. The van der Waals surface area contributed by atoms with Crippen LogP contribution in [0.2, 0.25) is 6.43 Å². The van der Waals surface area contributed by atoms with Crippen LogP contribution in [-0.4, -0.2) is 42.0 Å². The number of carbonyl (C=O) groups excluding carboxylic acids is 1. The first-order chi connectivity index (χ1) is 15.0. The molecule has 0 radical (unpaired) electrons. The molecule has 1 heterocycles. The number of carbonyl (C=O) groups is 1. The van der Waals surface area contributed by atoms with E-state index in [2.05, 4.69) is 16.0 Å². The Morgan fingerprint density at radius 2 is 2.16 bits per heavy atom. The third-order valence-corrected chi connectivity index (χ3v) is 5.97. The number of rotatable bonds is 7. The van der Waals surface area contributed by atoms with Crippen LogP contribution in [0.4, 0.5) is 13.2 Å². The number of aryl methyl sites for hydroxylation is 1. The molecule has 0 aliphatic heterocycles. The monoisotopic (exact) mass is 478 g/mol. The summed E-state index contributed by atoms with van der Waals surface area (Å²) < 4.78 is 71.6. The highest BCUT2D eigenvalue weighted by molar-refractivity contribution is 7.90. The van der Waals surface area contributed by atoms with Crippen LogP contribution in [0.5, 0.6) is 0 Å². The largest absolute Gasteiger partial charge is 0.383 e. The standard InChI is InChI=1S/C18H18ClF3N4O4S/c1-31(28,29)7-6-26-14(15(21)22)9-13(24-26)16(27)30-25-17(23)18(4-5-18)11-3-2-10(19)8-12(11)20/h2-3,8-9,15H,4-7H2,1H3,(H2,23,25). The minimum absolute atomic E-state index is 0.155. The summed E-state index contributed by atoms with van der Waals surface area (Å²) in [7, 11) is -3.45. The fraction of sp³-hybridized carbons (Fsp3) is 0.389. The van der Waals surface area contributed by atoms with Crippen molar-refractivity contribution in [2.24, 2.45) is 0 Å². The van der Waals surface area contributed by atoms with Gasteiger partial charge < -0.3 is 4.84 Å². The van der Waals surface area contributed by atoms with E-state index in [0.29, 0.717) is 17.5 Å². The Kier molecular flexibility index (Phi) is 5.93. The first-order valence-corrected chi connectivity index (χ1v) is 11.4. The molecule has 0 amide bonds. The summed E-state index contributed by atoms with van der Waals surface area (Å²) in [6.45, 7) is -0.377. The number of hydrogen-bond donors (Lipinski definition) is 2. The average molecular weight is 479 g/mol. The van der Waals surface area contributed by atoms with Gasteiger partial charge in [0.25, 0.3) is 6.43 Å². The lowest BCUT2D eigenvalue weighted by Gasteiger charge is -2.18. The maximum atomic E-state index is 14.4. The van der Waals surface area contributed by atoms with Crippen LogP contribution < -0.4 is 5.48 Å². The summed E-state index contributed by atoms with van der Waals surface area (Å²) in [6, 6.07) is 4.81. The van der Waals surface area contributed by atoms with Crippen molar-refractivity contribution in [3.8, 4) is 0 Å². The summed E-state index contributed by atoms with van der Waals surface area (Å²) in [5.74, 6) is -2.39. The van der Waals surface area contributed by atoms with Crippen molar-refractivity contribution in [2.75, 3.05) is 12.0 Å². The number of nitrogens with one attached hydrogen (secondary N) is 2. The van der Waals surface area contributed by atoms with Gasteiger partial charge in [-0.25, -0.2) is 31.9 Å². The number of sulfone groups is 1. The SMILES string of the molecule is [H]/N=C(\NOC(=O)c1cc(C(F)F)n(CCS(C)(=O)=O)n1)C1(c2ccc(Cl)cc2F)CC1. The van der Waals surface area contributed by atoms with Gasteiger partial charge in [-0.1, -0.05) is 17.7 Å². The van der Waals surface area contributed by atoms with Crippen LogP contribution in [0.1, 0.15) is 41.0 Å². The first kappa shape index (κ1) is 21.6. The summed E-state index contributed by atoms with van der Waals surface area (Å²) in [6.07, 6.45) is -1.23. The average Bonchev–Trinajstić information content (AvgIpc) is 3.36. The van der Waals surface area contributed by atoms with E-state index in [9.17, 15) is 26.4 Å². The molecule has 0 bridgehead atoms. The van der Waals surface area contributed by atoms with Crippen molar-refractivity contribution in [3.63, 3.8) is 0 Å². The molecular weight excluding hydrogens is 461 g/mol. The Morgan fingerprint density at radius 1 is 1.45 bits per heavy atom. The van der Waals surface area contributed by atoms with E-state index < -0.39 is 50.6 Å². The van der Waals surface area contributed by atoms with Crippen LogP contribution in [0.25, 0.3) is 0 Å². The van der Waals surface area contributed by atoms with Gasteiger partial charge in [-0.3, -0.25) is 10.1 Å². The van der Waals surface area contributed by atoms with Crippen LogP contribution in [0.3, 0.4) is 0 Å². The molecule has 0 atom stereocenters. The molecule has 1 aliphatic rings. The number of hydroxylamine groups is 1. The van der Waals surface area contributed by atoms with Gasteiger partial charge in [-0.2, -0.15) is 5.10 Å². The minimum Gasteiger partial charge on any atom is -0.335 e. The second-order valence-electron chi connectivity index (χ2n) is 7.15. The molecular formula is C18H18ClF3N4O4S. The maximum Gasteiger partial charge on any atom is 0.383 e. The molecule has 1 saturated carbocycles. The van der Waals surface area contributed by atoms with Gasteiger partial charge in [0.15, 0.2) is 7.11 Å². The molecule has 0 saturated heterocycles. The zero-order valence-electron chi connectivity index (χ0n) is 17.1. The molecule has 2 N–H and O–H groups in total.